The Labute approximate surface area is 177 Å². The Morgan fingerprint density at radius 1 is 1.23 bits per heavy atom. The molecular formula is C19H11ClF3N5O3. The van der Waals surface area contributed by atoms with Crippen molar-refractivity contribution in [1.29, 1.82) is 0 Å². The highest BCUT2D eigenvalue weighted by Gasteiger charge is 2.29. The first-order chi connectivity index (χ1) is 14.8. The first kappa shape index (κ1) is 20.5. The number of nitrogens with zero attached hydrogens (tertiary/aromatic N) is 3. The highest BCUT2D eigenvalue weighted by Crippen LogP contribution is 2.29. The van der Waals surface area contributed by atoms with Crippen LogP contribution in [0.3, 0.4) is 0 Å². The highest BCUT2D eigenvalue weighted by atomic mass is 35.5. The Balaban J connectivity index is 1.57. The van der Waals surface area contributed by atoms with Crippen LogP contribution in [0, 0.1) is 17.5 Å². The van der Waals surface area contributed by atoms with Crippen molar-refractivity contribution < 1.29 is 27.5 Å². The molecule has 0 saturated heterocycles. The summed E-state index contributed by atoms with van der Waals surface area (Å²) in [6.45, 7) is -0.325. The Kier molecular flexibility index (Phi) is 5.42. The van der Waals surface area contributed by atoms with E-state index in [0.717, 1.165) is 24.5 Å². The minimum Gasteiger partial charge on any atom is -0.487 e. The predicted octanol–water partition coefficient (Wildman–Crippen LogP) is 2.74. The number of fused-ring (bicyclic) bond motifs is 1. The molecule has 12 heteroatoms. The number of ether oxygens (including phenoxy) is 1. The first-order valence-electron chi connectivity index (χ1n) is 8.70. The number of rotatable bonds is 3. The van der Waals surface area contributed by atoms with E-state index in [9.17, 15) is 22.8 Å². The van der Waals surface area contributed by atoms with Gasteiger partial charge in [0.05, 0.1) is 23.1 Å². The molecule has 0 radical (unpaired) electrons. The second-order valence-electron chi connectivity index (χ2n) is 6.32. The normalized spacial score (nSPS) is 15.4. The number of amides is 2. The largest absolute Gasteiger partial charge is 0.487 e. The van der Waals surface area contributed by atoms with Gasteiger partial charge in [0, 0.05) is 11.6 Å². The van der Waals surface area contributed by atoms with Crippen molar-refractivity contribution in [1.82, 2.24) is 20.3 Å². The van der Waals surface area contributed by atoms with Crippen molar-refractivity contribution in [2.75, 3.05) is 11.9 Å². The molecule has 1 aliphatic heterocycles. The van der Waals surface area contributed by atoms with Gasteiger partial charge < -0.3 is 15.4 Å². The number of carbonyl (C=O) groups excluding carboxylic acids is 2. The van der Waals surface area contributed by atoms with Crippen molar-refractivity contribution in [3.05, 3.63) is 65.0 Å². The van der Waals surface area contributed by atoms with Gasteiger partial charge in [0.25, 0.3) is 11.8 Å². The molecule has 0 fully saturated rings. The van der Waals surface area contributed by atoms with Crippen LogP contribution in [0.4, 0.5) is 19.0 Å². The van der Waals surface area contributed by atoms with Gasteiger partial charge >= 0.3 is 0 Å². The third kappa shape index (κ3) is 4.12. The van der Waals surface area contributed by atoms with Gasteiger partial charge in [0.15, 0.2) is 23.2 Å². The molecule has 0 aliphatic carbocycles. The molecule has 1 aliphatic rings. The van der Waals surface area contributed by atoms with E-state index in [1.807, 2.05) is 0 Å². The van der Waals surface area contributed by atoms with Crippen LogP contribution in [0.1, 0.15) is 10.6 Å². The molecule has 0 saturated carbocycles. The molecule has 0 bridgehead atoms. The number of nitrogens with one attached hydrogen (secondary N) is 2. The van der Waals surface area contributed by atoms with Crippen LogP contribution in [0.15, 0.2) is 36.7 Å². The van der Waals surface area contributed by atoms with Gasteiger partial charge in [-0.15, -0.1) is 0 Å². The molecule has 158 valence electrons. The first-order valence-corrected chi connectivity index (χ1v) is 9.08. The summed E-state index contributed by atoms with van der Waals surface area (Å²) < 4.78 is 46.3. The van der Waals surface area contributed by atoms with E-state index in [1.54, 1.807) is 0 Å². The summed E-state index contributed by atoms with van der Waals surface area (Å²) >= 11 is 5.99. The molecule has 3 heterocycles. The van der Waals surface area contributed by atoms with Crippen molar-refractivity contribution in [3.8, 4) is 17.0 Å². The fourth-order valence-corrected chi connectivity index (χ4v) is 2.95. The SMILES string of the molecule is O=C(N[C@H]1COc2cc(F)cnc2NC1=O)c1ncc(Cl)c(-c2cccc(F)c2F)n1. The molecule has 1 aromatic carbocycles. The van der Waals surface area contributed by atoms with E-state index in [-0.39, 0.29) is 34.5 Å². The second kappa shape index (κ2) is 8.19. The summed E-state index contributed by atoms with van der Waals surface area (Å²) in [5.74, 6) is -4.99. The van der Waals surface area contributed by atoms with Gasteiger partial charge in [0.1, 0.15) is 18.5 Å². The highest BCUT2D eigenvalue weighted by molar-refractivity contribution is 6.33. The Hall–Kier alpha value is -3.73. The number of benzene rings is 1. The minimum atomic E-state index is -1.20. The number of aromatic nitrogens is 3. The maximum atomic E-state index is 14.1. The molecule has 2 amide bonds. The molecule has 2 N–H and O–H groups in total. The predicted molar refractivity (Wildman–Crippen MR) is 102 cm³/mol. The van der Waals surface area contributed by atoms with Gasteiger partial charge in [-0.25, -0.2) is 28.1 Å². The van der Waals surface area contributed by atoms with Gasteiger partial charge in [0.2, 0.25) is 5.82 Å². The third-order valence-electron chi connectivity index (χ3n) is 4.24. The zero-order chi connectivity index (χ0) is 22.1. The number of hydrogen-bond acceptors (Lipinski definition) is 6. The van der Waals surface area contributed by atoms with E-state index < -0.39 is 41.1 Å². The third-order valence-corrected chi connectivity index (χ3v) is 4.52. The number of carbonyl (C=O) groups is 2. The molecule has 0 spiro atoms. The van der Waals surface area contributed by atoms with Crippen LogP contribution in [0.5, 0.6) is 5.75 Å². The Morgan fingerprint density at radius 2 is 2.03 bits per heavy atom. The van der Waals surface area contributed by atoms with E-state index in [4.69, 9.17) is 16.3 Å². The number of halogens is 4. The lowest BCUT2D eigenvalue weighted by atomic mass is 10.1. The zero-order valence-electron chi connectivity index (χ0n) is 15.3. The smallest absolute Gasteiger partial charge is 0.289 e. The topological polar surface area (TPSA) is 106 Å². The molecule has 8 nitrogen and oxygen atoms in total. The van der Waals surface area contributed by atoms with Crippen LogP contribution in [-0.4, -0.2) is 39.4 Å². The molecule has 2 aromatic heterocycles. The lowest BCUT2D eigenvalue weighted by molar-refractivity contribution is -0.118. The average Bonchev–Trinajstić information content (AvgIpc) is 2.89. The molecule has 0 unspecified atom stereocenters. The van der Waals surface area contributed by atoms with E-state index in [2.05, 4.69) is 25.6 Å². The van der Waals surface area contributed by atoms with Gasteiger partial charge in [-0.05, 0) is 12.1 Å². The number of hydrogen-bond donors (Lipinski definition) is 2. The zero-order valence-corrected chi connectivity index (χ0v) is 16.1. The van der Waals surface area contributed by atoms with Crippen LogP contribution in [0.2, 0.25) is 5.02 Å². The van der Waals surface area contributed by atoms with Crippen LogP contribution < -0.4 is 15.4 Å². The summed E-state index contributed by atoms with van der Waals surface area (Å²) in [7, 11) is 0. The number of anilines is 1. The fourth-order valence-electron chi connectivity index (χ4n) is 2.76. The molecule has 31 heavy (non-hydrogen) atoms. The van der Waals surface area contributed by atoms with E-state index >= 15 is 0 Å². The summed E-state index contributed by atoms with van der Waals surface area (Å²) in [5, 5.41) is 4.66. The molecule has 4 rings (SSSR count). The summed E-state index contributed by atoms with van der Waals surface area (Å²) in [6, 6.07) is 3.26. The lowest BCUT2D eigenvalue weighted by Gasteiger charge is -2.14. The van der Waals surface area contributed by atoms with Crippen molar-refractivity contribution in [3.63, 3.8) is 0 Å². The summed E-state index contributed by atoms with van der Waals surface area (Å²) in [5.41, 5.74) is -0.465. The Morgan fingerprint density at radius 3 is 2.84 bits per heavy atom. The maximum Gasteiger partial charge on any atom is 0.289 e. The Bertz CT molecular complexity index is 1210. The monoisotopic (exact) mass is 449 g/mol. The molecule has 1 atom stereocenters. The molecule has 3 aromatic rings. The van der Waals surface area contributed by atoms with Crippen LogP contribution in [-0.2, 0) is 4.79 Å². The molecular weight excluding hydrogens is 439 g/mol. The van der Waals surface area contributed by atoms with E-state index in [0.29, 0.717) is 0 Å². The van der Waals surface area contributed by atoms with E-state index in [1.165, 1.54) is 12.1 Å². The van der Waals surface area contributed by atoms with Gasteiger partial charge in [-0.1, -0.05) is 17.7 Å². The quantitative estimate of drug-likeness (QED) is 0.637. The fraction of sp³-hybridized carbons (Fsp3) is 0.105. The summed E-state index contributed by atoms with van der Waals surface area (Å²) in [6.07, 6.45) is 1.95. The standard InChI is InChI=1S/C19H11ClF3N5O3/c20-10-6-25-17(27-15(10)9-2-1-3-11(22)14(9)23)19(30)26-12-7-31-13-4-8(21)5-24-16(13)28-18(12)29/h1-6,12H,7H2,(H,26,30)(H,24,28,29)/t12-/m0/s1. The van der Waals surface area contributed by atoms with Gasteiger partial charge in [-0.2, -0.15) is 0 Å². The van der Waals surface area contributed by atoms with Crippen LogP contribution in [0.25, 0.3) is 11.3 Å². The maximum absolute atomic E-state index is 14.1. The number of pyridine rings is 1. The summed E-state index contributed by atoms with van der Waals surface area (Å²) in [4.78, 5) is 36.4. The van der Waals surface area contributed by atoms with Crippen LogP contribution >= 0.6 is 11.6 Å². The lowest BCUT2D eigenvalue weighted by Crippen LogP contribution is -2.46. The van der Waals surface area contributed by atoms with Crippen molar-refractivity contribution in [2.45, 2.75) is 6.04 Å². The minimum absolute atomic E-state index is 0.00305. The average molecular weight is 450 g/mol. The van der Waals surface area contributed by atoms with Crippen molar-refractivity contribution >= 4 is 29.2 Å². The van der Waals surface area contributed by atoms with Gasteiger partial charge in [-0.3, -0.25) is 9.59 Å². The van der Waals surface area contributed by atoms with Crippen molar-refractivity contribution in [2.24, 2.45) is 0 Å². The second-order valence-corrected chi connectivity index (χ2v) is 6.73.